The maximum atomic E-state index is 13.7. The molecule has 0 saturated heterocycles. The Morgan fingerprint density at radius 2 is 0.701 bits per heavy atom. The maximum Gasteiger partial charge on any atom is 0.472 e. The third-order valence-electron chi connectivity index (χ3n) is 16.9. The molecule has 0 saturated carbocycles. The summed E-state index contributed by atoms with van der Waals surface area (Å²) in [6.07, 6.45) is 86.6. The topological polar surface area (TPSA) is 111 Å². The second-order valence-corrected chi connectivity index (χ2v) is 28.3. The van der Waals surface area contributed by atoms with Crippen LogP contribution in [-0.2, 0) is 27.9 Å². The Bertz CT molecular complexity index is 1670. The molecular weight excluding hydrogens is 1100 g/mol. The van der Waals surface area contributed by atoms with Crippen LogP contribution in [0.1, 0.15) is 367 Å². The van der Waals surface area contributed by atoms with E-state index in [9.17, 15) is 19.0 Å². The van der Waals surface area contributed by atoms with Gasteiger partial charge in [-0.2, -0.15) is 0 Å². The molecule has 2 N–H and O–H groups in total. The van der Waals surface area contributed by atoms with Crippen molar-refractivity contribution in [2.24, 2.45) is 0 Å². The van der Waals surface area contributed by atoms with Gasteiger partial charge in [-0.3, -0.25) is 18.6 Å². The number of esters is 1. The first kappa shape index (κ1) is 84.7. The summed E-state index contributed by atoms with van der Waals surface area (Å²) in [5.41, 5.74) is 0. The Morgan fingerprint density at radius 1 is 0.402 bits per heavy atom. The standard InChI is InChI=1S/C77H145N2O7P/c1-7-10-13-16-19-22-25-28-30-32-34-36-38-39-41-42-44-46-48-51-54-57-60-63-66-69-76(80)78-74(73-85-87(82,83)84-72-71-79(4,5)6)75(68-65-62-59-56-53-50-27-24-21-18-15-12-9-3)86-77(81)70-67-64-61-58-55-52-49-47-45-43-40-37-35-33-31-29-26-23-20-17-14-11-8-2/h20,23,28-31,35,37,65,68,74-75H,7-19,21-22,24-27,32-34,36,38-64,66-67,69-73H2,1-6H3,(H-,78,80,82,83)/p+1/b23-20-,30-28+,31-29-,37-35-,68-65+. The highest BCUT2D eigenvalue weighted by molar-refractivity contribution is 7.47. The normalized spacial score (nSPS) is 13.8. The fraction of sp³-hybridized carbons (Fsp3) is 0.844. The highest BCUT2D eigenvalue weighted by Crippen LogP contribution is 2.43. The van der Waals surface area contributed by atoms with E-state index in [4.69, 9.17) is 13.8 Å². The van der Waals surface area contributed by atoms with Crippen LogP contribution < -0.4 is 5.32 Å². The lowest BCUT2D eigenvalue weighted by atomic mass is 10.0. The quantitative estimate of drug-likeness (QED) is 0.0205. The molecule has 0 fully saturated rings. The fourth-order valence-corrected chi connectivity index (χ4v) is 11.9. The fourth-order valence-electron chi connectivity index (χ4n) is 11.1. The summed E-state index contributed by atoms with van der Waals surface area (Å²) in [7, 11) is 1.51. The first-order valence-electron chi connectivity index (χ1n) is 37.6. The monoisotopic (exact) mass is 1240 g/mol. The molecule has 10 heteroatoms. The van der Waals surface area contributed by atoms with E-state index in [2.05, 4.69) is 74.7 Å². The number of nitrogens with zero attached hydrogens (tertiary/aromatic N) is 1. The van der Waals surface area contributed by atoms with Gasteiger partial charge >= 0.3 is 13.8 Å². The minimum Gasteiger partial charge on any atom is -0.456 e. The van der Waals surface area contributed by atoms with Gasteiger partial charge in [0.1, 0.15) is 19.3 Å². The summed E-state index contributed by atoms with van der Waals surface area (Å²) >= 11 is 0. The van der Waals surface area contributed by atoms with E-state index in [1.807, 2.05) is 33.3 Å². The van der Waals surface area contributed by atoms with Crippen molar-refractivity contribution in [1.82, 2.24) is 5.32 Å². The minimum absolute atomic E-state index is 0.0402. The third kappa shape index (κ3) is 67.9. The van der Waals surface area contributed by atoms with Crippen LogP contribution >= 0.6 is 7.82 Å². The molecule has 0 aromatic heterocycles. The van der Waals surface area contributed by atoms with Crippen LogP contribution in [0.5, 0.6) is 0 Å². The lowest BCUT2D eigenvalue weighted by molar-refractivity contribution is -0.870. The number of amides is 1. The van der Waals surface area contributed by atoms with Crippen LogP contribution in [0, 0.1) is 0 Å². The van der Waals surface area contributed by atoms with Crippen LogP contribution in [0.15, 0.2) is 60.8 Å². The predicted molar refractivity (Wildman–Crippen MR) is 378 cm³/mol. The molecular formula is C77H146N2O7P+. The van der Waals surface area contributed by atoms with Crippen molar-refractivity contribution in [2.75, 3.05) is 40.9 Å². The van der Waals surface area contributed by atoms with Crippen LogP contribution in [0.25, 0.3) is 0 Å². The van der Waals surface area contributed by atoms with Gasteiger partial charge in [-0.25, -0.2) is 4.57 Å². The van der Waals surface area contributed by atoms with Gasteiger partial charge in [-0.15, -0.1) is 0 Å². The molecule has 0 aliphatic heterocycles. The Kier molecular flexibility index (Phi) is 64.9. The van der Waals surface area contributed by atoms with Gasteiger partial charge in [0.05, 0.1) is 33.8 Å². The molecule has 510 valence electrons. The lowest BCUT2D eigenvalue weighted by Crippen LogP contribution is -2.47. The molecule has 0 aliphatic carbocycles. The average molecular weight is 1240 g/mol. The zero-order valence-corrected chi connectivity index (χ0v) is 59.4. The molecule has 87 heavy (non-hydrogen) atoms. The number of quaternary nitrogens is 1. The molecule has 0 aromatic carbocycles. The largest absolute Gasteiger partial charge is 0.472 e. The van der Waals surface area contributed by atoms with Crippen molar-refractivity contribution in [3.63, 3.8) is 0 Å². The number of phosphoric ester groups is 1. The minimum atomic E-state index is -4.46. The van der Waals surface area contributed by atoms with Gasteiger partial charge < -0.3 is 19.4 Å². The van der Waals surface area contributed by atoms with E-state index in [-0.39, 0.29) is 31.5 Å². The smallest absolute Gasteiger partial charge is 0.456 e. The summed E-state index contributed by atoms with van der Waals surface area (Å²) in [6, 6.07) is -0.851. The molecule has 3 atom stereocenters. The maximum absolute atomic E-state index is 13.7. The number of phosphoric acid groups is 1. The van der Waals surface area contributed by atoms with Gasteiger partial charge in [0, 0.05) is 12.8 Å². The SMILES string of the molecule is CCCCC/C=C\C/C=C\C/C=C\CCCCCCCCCCCCC(=O)OC(/C=C/CCCCCCCCCCCCC)C(COP(=O)(O)OCC[N+](C)(C)C)NC(=O)CCCCCCCCCCCCCCCCC/C=C/CCCCCCCC. The highest BCUT2D eigenvalue weighted by Gasteiger charge is 2.30. The van der Waals surface area contributed by atoms with Crippen molar-refractivity contribution >= 4 is 19.7 Å². The molecule has 0 heterocycles. The van der Waals surface area contributed by atoms with Crippen LogP contribution in [-0.4, -0.2) is 74.3 Å². The Labute approximate surface area is 541 Å². The Hall–Kier alpha value is -2.29. The average Bonchev–Trinajstić information content (AvgIpc) is 3.70. The molecule has 0 aliphatic rings. The first-order valence-corrected chi connectivity index (χ1v) is 39.1. The summed E-state index contributed by atoms with van der Waals surface area (Å²) in [5.74, 6) is -0.493. The predicted octanol–water partition coefficient (Wildman–Crippen LogP) is 24.1. The number of nitrogens with one attached hydrogen (secondary N) is 1. The molecule has 3 unspecified atom stereocenters. The lowest BCUT2D eigenvalue weighted by Gasteiger charge is -2.27. The van der Waals surface area contributed by atoms with E-state index in [0.29, 0.717) is 17.4 Å². The number of carbonyl (C=O) groups excluding carboxylic acids is 2. The summed E-state index contributed by atoms with van der Waals surface area (Å²) < 4.78 is 30.9. The number of likely N-dealkylation sites (N-methyl/N-ethyl adjacent to an activating group) is 1. The molecule has 0 bridgehead atoms. The van der Waals surface area contributed by atoms with Crippen molar-refractivity contribution in [3.8, 4) is 0 Å². The van der Waals surface area contributed by atoms with Gasteiger partial charge in [0.15, 0.2) is 0 Å². The summed E-state index contributed by atoms with van der Waals surface area (Å²) in [5, 5.41) is 3.08. The van der Waals surface area contributed by atoms with Crippen LogP contribution in [0.4, 0.5) is 0 Å². The van der Waals surface area contributed by atoms with Crippen LogP contribution in [0.3, 0.4) is 0 Å². The summed E-state index contributed by atoms with van der Waals surface area (Å²) in [6.45, 7) is 7.03. The van der Waals surface area contributed by atoms with Gasteiger partial charge in [-0.1, -0.05) is 319 Å². The zero-order valence-electron chi connectivity index (χ0n) is 58.5. The van der Waals surface area contributed by atoms with Gasteiger partial charge in [0.25, 0.3) is 0 Å². The Morgan fingerprint density at radius 3 is 1.08 bits per heavy atom. The second kappa shape index (κ2) is 66.6. The van der Waals surface area contributed by atoms with Crippen molar-refractivity contribution in [2.45, 2.75) is 380 Å². The summed E-state index contributed by atoms with van der Waals surface area (Å²) in [4.78, 5) is 38.0. The molecule has 1 amide bonds. The molecule has 0 aromatic rings. The Balaban J connectivity index is 5.04. The van der Waals surface area contributed by atoms with Crippen molar-refractivity contribution in [1.29, 1.82) is 0 Å². The van der Waals surface area contributed by atoms with E-state index < -0.39 is 20.0 Å². The highest BCUT2D eigenvalue weighted by atomic mass is 31.2. The number of hydrogen-bond donors (Lipinski definition) is 2. The number of hydrogen-bond acceptors (Lipinski definition) is 6. The van der Waals surface area contributed by atoms with E-state index in [1.54, 1.807) is 0 Å². The van der Waals surface area contributed by atoms with Gasteiger partial charge in [0.2, 0.25) is 5.91 Å². The second-order valence-electron chi connectivity index (χ2n) is 26.8. The number of rotatable bonds is 69. The molecule has 0 spiro atoms. The zero-order chi connectivity index (χ0) is 63.5. The molecule has 0 radical (unpaired) electrons. The third-order valence-corrected chi connectivity index (χ3v) is 17.9. The molecule has 0 rings (SSSR count). The van der Waals surface area contributed by atoms with Crippen LogP contribution in [0.2, 0.25) is 0 Å². The number of allylic oxidation sites excluding steroid dienone is 9. The van der Waals surface area contributed by atoms with E-state index in [0.717, 1.165) is 70.6 Å². The van der Waals surface area contributed by atoms with Gasteiger partial charge in [-0.05, 0) is 96.0 Å². The van der Waals surface area contributed by atoms with Crippen molar-refractivity contribution < 1.29 is 37.3 Å². The first-order chi connectivity index (χ1) is 42.4. The molecule has 9 nitrogen and oxygen atoms in total. The van der Waals surface area contributed by atoms with E-state index >= 15 is 0 Å². The number of carbonyl (C=O) groups is 2. The van der Waals surface area contributed by atoms with Crippen molar-refractivity contribution in [3.05, 3.63) is 60.8 Å². The number of ether oxygens (including phenoxy) is 1. The van der Waals surface area contributed by atoms with E-state index in [1.165, 1.54) is 263 Å². The number of unbranched alkanes of at least 4 members (excludes halogenated alkanes) is 45.